The molecule has 1 N–H and O–H groups in total. The smallest absolute Gasteiger partial charge is 0.478 e. The zero-order valence-corrected chi connectivity index (χ0v) is 14.9. The van der Waals surface area contributed by atoms with Gasteiger partial charge in [-0.05, 0) is 48.2 Å². The van der Waals surface area contributed by atoms with Crippen molar-refractivity contribution in [3.63, 3.8) is 0 Å². The van der Waals surface area contributed by atoms with Gasteiger partial charge >= 0.3 is 18.5 Å². The summed E-state index contributed by atoms with van der Waals surface area (Å²) in [5, 5.41) is 9.11. The molecule has 30 heavy (non-hydrogen) atoms. The van der Waals surface area contributed by atoms with Crippen molar-refractivity contribution in [3.05, 3.63) is 58.9 Å². The van der Waals surface area contributed by atoms with Gasteiger partial charge in [0.2, 0.25) is 6.10 Å². The van der Waals surface area contributed by atoms with E-state index in [0.29, 0.717) is 11.6 Å². The average Bonchev–Trinajstić information content (AvgIpc) is 2.63. The highest BCUT2D eigenvalue weighted by molar-refractivity contribution is 5.95. The number of hydrogen-bond donors (Lipinski definition) is 1. The van der Waals surface area contributed by atoms with Crippen molar-refractivity contribution in [3.8, 4) is 11.5 Å². The van der Waals surface area contributed by atoms with Crippen LogP contribution >= 0.6 is 0 Å². The summed E-state index contributed by atoms with van der Waals surface area (Å²) in [5.74, 6) is -2.94. The fourth-order valence-corrected chi connectivity index (χ4v) is 2.98. The molecule has 0 aliphatic carbocycles. The van der Waals surface area contributed by atoms with Crippen molar-refractivity contribution in [2.75, 3.05) is 0 Å². The molecule has 1 aliphatic heterocycles. The van der Waals surface area contributed by atoms with E-state index in [2.05, 4.69) is 9.72 Å². The van der Waals surface area contributed by atoms with E-state index < -0.39 is 35.9 Å². The maximum atomic E-state index is 13.3. The molecule has 0 amide bonds. The zero-order valence-electron chi connectivity index (χ0n) is 14.9. The third-order valence-corrected chi connectivity index (χ3v) is 4.18. The molecule has 0 spiro atoms. The number of alkyl halides is 6. The predicted molar refractivity (Wildman–Crippen MR) is 90.9 cm³/mol. The lowest BCUT2D eigenvalue weighted by atomic mass is 9.96. The van der Waals surface area contributed by atoms with Crippen molar-refractivity contribution in [1.29, 1.82) is 0 Å². The maximum Gasteiger partial charge on any atom is 0.573 e. The summed E-state index contributed by atoms with van der Waals surface area (Å²) in [6.07, 6.45) is -8.93. The van der Waals surface area contributed by atoms with Gasteiger partial charge in [0.05, 0.1) is 5.57 Å². The van der Waals surface area contributed by atoms with E-state index in [1.165, 1.54) is 12.4 Å². The number of aryl methyl sites for hydroxylation is 2. The Labute approximate surface area is 165 Å². The number of benzene rings is 1. The van der Waals surface area contributed by atoms with Crippen LogP contribution in [-0.2, 0) is 17.6 Å². The molecular formula is C19H13F6NO4. The molecule has 0 fully saturated rings. The number of rotatable bonds is 5. The molecule has 3 rings (SSSR count). The molecule has 1 aromatic heterocycles. The molecule has 1 unspecified atom stereocenters. The van der Waals surface area contributed by atoms with Crippen molar-refractivity contribution in [2.45, 2.75) is 31.5 Å². The molecule has 0 bridgehead atoms. The van der Waals surface area contributed by atoms with E-state index in [0.717, 1.165) is 12.1 Å². The number of fused-ring (bicyclic) bond motifs is 1. The van der Waals surface area contributed by atoms with Crippen LogP contribution in [-0.4, -0.2) is 34.7 Å². The summed E-state index contributed by atoms with van der Waals surface area (Å²) in [6, 6.07) is 5.03. The Morgan fingerprint density at radius 2 is 1.90 bits per heavy atom. The van der Waals surface area contributed by atoms with E-state index in [1.54, 1.807) is 12.1 Å². The Kier molecular flexibility index (Phi) is 5.64. The zero-order chi connectivity index (χ0) is 22.1. The van der Waals surface area contributed by atoms with Crippen LogP contribution in [0.2, 0.25) is 0 Å². The van der Waals surface area contributed by atoms with E-state index in [-0.39, 0.29) is 29.7 Å². The fraction of sp³-hybridized carbons (Fsp3) is 0.263. The number of hydrogen-bond acceptors (Lipinski definition) is 4. The van der Waals surface area contributed by atoms with Crippen LogP contribution < -0.4 is 9.47 Å². The first-order chi connectivity index (χ1) is 13.9. The summed E-state index contributed by atoms with van der Waals surface area (Å²) in [7, 11) is 0. The van der Waals surface area contributed by atoms with Gasteiger partial charge in [-0.3, -0.25) is 4.98 Å². The second-order valence-corrected chi connectivity index (χ2v) is 6.35. The van der Waals surface area contributed by atoms with Gasteiger partial charge in [0, 0.05) is 18.0 Å². The lowest BCUT2D eigenvalue weighted by molar-refractivity contribution is -0.274. The molecule has 5 nitrogen and oxygen atoms in total. The summed E-state index contributed by atoms with van der Waals surface area (Å²) in [5.41, 5.74) is -0.697. The monoisotopic (exact) mass is 433 g/mol. The average molecular weight is 433 g/mol. The van der Waals surface area contributed by atoms with Gasteiger partial charge in [-0.15, -0.1) is 13.2 Å². The third kappa shape index (κ3) is 5.02. The van der Waals surface area contributed by atoms with Gasteiger partial charge < -0.3 is 14.6 Å². The van der Waals surface area contributed by atoms with Crippen molar-refractivity contribution in [1.82, 2.24) is 4.98 Å². The summed E-state index contributed by atoms with van der Waals surface area (Å²) >= 11 is 0. The third-order valence-electron chi connectivity index (χ3n) is 4.18. The van der Waals surface area contributed by atoms with Crippen molar-refractivity contribution < 1.29 is 45.7 Å². The first-order valence-corrected chi connectivity index (χ1v) is 8.44. The Bertz CT molecular complexity index is 969. The largest absolute Gasteiger partial charge is 0.573 e. The highest BCUT2D eigenvalue weighted by atomic mass is 19.4. The Balaban J connectivity index is 2.06. The van der Waals surface area contributed by atoms with Crippen molar-refractivity contribution in [2.24, 2.45) is 0 Å². The van der Waals surface area contributed by atoms with Crippen LogP contribution in [0.5, 0.6) is 11.5 Å². The molecule has 1 atom stereocenters. The number of aromatic nitrogens is 1. The van der Waals surface area contributed by atoms with Gasteiger partial charge in [0.15, 0.2) is 0 Å². The number of ether oxygens (including phenoxy) is 2. The van der Waals surface area contributed by atoms with E-state index >= 15 is 0 Å². The van der Waals surface area contributed by atoms with Gasteiger partial charge in [0.1, 0.15) is 11.5 Å². The second kappa shape index (κ2) is 7.88. The van der Waals surface area contributed by atoms with E-state index in [1.807, 2.05) is 0 Å². The van der Waals surface area contributed by atoms with Crippen LogP contribution in [0.1, 0.15) is 16.7 Å². The standard InChI is InChI=1S/C19H13F6NO4/c20-18(21,22)16-14(17(27)28)8-12-7-13(30-19(23,24)25)6-11(15(12)29-16)4-3-10-2-1-5-26-9-10/h1-2,5-9,16H,3-4H2,(H,27,28). The van der Waals surface area contributed by atoms with Crippen molar-refractivity contribution >= 4 is 12.0 Å². The lowest BCUT2D eigenvalue weighted by Gasteiger charge is -2.29. The number of carboxylic acid groups (broad SMARTS) is 1. The molecule has 11 heteroatoms. The molecule has 2 aromatic rings. The normalized spacial score (nSPS) is 16.3. The molecule has 160 valence electrons. The van der Waals surface area contributed by atoms with Gasteiger partial charge in [-0.1, -0.05) is 6.07 Å². The molecule has 0 saturated carbocycles. The van der Waals surface area contributed by atoms with Gasteiger partial charge in [-0.2, -0.15) is 13.2 Å². The Morgan fingerprint density at radius 3 is 2.47 bits per heavy atom. The predicted octanol–water partition coefficient (Wildman–Crippen LogP) is 4.56. The maximum absolute atomic E-state index is 13.3. The molecule has 2 heterocycles. The van der Waals surface area contributed by atoms with E-state index in [4.69, 9.17) is 9.84 Å². The van der Waals surface area contributed by atoms with Crippen LogP contribution in [0.15, 0.2) is 42.2 Å². The first kappa shape index (κ1) is 21.5. The van der Waals surface area contributed by atoms with Crippen LogP contribution in [0.4, 0.5) is 26.3 Å². The summed E-state index contributed by atoms with van der Waals surface area (Å²) in [6.45, 7) is 0. The number of aliphatic carboxylic acids is 1. The molecular weight excluding hydrogens is 420 g/mol. The number of halogens is 6. The fourth-order valence-electron chi connectivity index (χ4n) is 2.98. The van der Waals surface area contributed by atoms with Gasteiger partial charge in [0.25, 0.3) is 0 Å². The van der Waals surface area contributed by atoms with Gasteiger partial charge in [-0.25, -0.2) is 4.79 Å². The second-order valence-electron chi connectivity index (χ2n) is 6.35. The molecule has 0 saturated heterocycles. The quantitative estimate of drug-likeness (QED) is 0.701. The molecule has 0 radical (unpaired) electrons. The lowest BCUT2D eigenvalue weighted by Crippen LogP contribution is -2.40. The highest BCUT2D eigenvalue weighted by Crippen LogP contribution is 2.42. The number of carboxylic acids is 1. The van der Waals surface area contributed by atoms with Crippen LogP contribution in [0.25, 0.3) is 6.08 Å². The number of nitrogens with zero attached hydrogens (tertiary/aromatic N) is 1. The number of carbonyl (C=O) groups is 1. The minimum absolute atomic E-state index is 0.00387. The molecule has 1 aliphatic rings. The minimum atomic E-state index is -5.04. The Hall–Kier alpha value is -3.24. The van der Waals surface area contributed by atoms with Crippen LogP contribution in [0.3, 0.4) is 0 Å². The molecule has 1 aromatic carbocycles. The highest BCUT2D eigenvalue weighted by Gasteiger charge is 2.49. The summed E-state index contributed by atoms with van der Waals surface area (Å²) in [4.78, 5) is 15.2. The van der Waals surface area contributed by atoms with Crippen LogP contribution in [0, 0.1) is 0 Å². The minimum Gasteiger partial charge on any atom is -0.478 e. The topological polar surface area (TPSA) is 68.7 Å². The summed E-state index contributed by atoms with van der Waals surface area (Å²) < 4.78 is 86.8. The number of pyridine rings is 1. The first-order valence-electron chi connectivity index (χ1n) is 8.44. The SMILES string of the molecule is O=C(O)C1=Cc2cc(OC(F)(F)F)cc(CCc3cccnc3)c2OC1C(F)(F)F. The Morgan fingerprint density at radius 1 is 1.17 bits per heavy atom. The van der Waals surface area contributed by atoms with E-state index in [9.17, 15) is 31.1 Å².